The van der Waals surface area contributed by atoms with Gasteiger partial charge in [-0.05, 0) is 45.1 Å². The van der Waals surface area contributed by atoms with Gasteiger partial charge in [-0.15, -0.1) is 0 Å². The average Bonchev–Trinajstić information content (AvgIpc) is 2.64. The van der Waals surface area contributed by atoms with Crippen molar-refractivity contribution in [3.05, 3.63) is 29.1 Å². The highest BCUT2D eigenvalue weighted by Crippen LogP contribution is 2.25. The molecule has 2 fully saturated rings. The molecule has 3 rings (SSSR count). The van der Waals surface area contributed by atoms with E-state index in [-0.39, 0.29) is 17.2 Å². The third kappa shape index (κ3) is 4.13. The first kappa shape index (κ1) is 18.6. The maximum atomic E-state index is 14.6. The molecule has 1 aromatic carbocycles. The van der Waals surface area contributed by atoms with E-state index in [1.165, 1.54) is 17.0 Å². The molecule has 1 aromatic rings. The molecule has 0 radical (unpaired) electrons. The Morgan fingerprint density at radius 1 is 1.15 bits per heavy atom. The first-order valence-corrected chi connectivity index (χ1v) is 8.91. The van der Waals surface area contributed by atoms with Gasteiger partial charge >= 0.3 is 0 Å². The lowest BCUT2D eigenvalue weighted by Gasteiger charge is -2.31. The molecule has 2 amide bonds. The second-order valence-electron chi connectivity index (χ2n) is 6.87. The summed E-state index contributed by atoms with van der Waals surface area (Å²) in [6, 6.07) is 2.63. The lowest BCUT2D eigenvalue weighted by Crippen LogP contribution is -2.41. The van der Waals surface area contributed by atoms with Crippen LogP contribution >= 0.6 is 0 Å². The zero-order valence-corrected chi connectivity index (χ0v) is 15.0. The Labute approximate surface area is 152 Å². The minimum atomic E-state index is -0.684. The van der Waals surface area contributed by atoms with Crippen molar-refractivity contribution in [3.63, 3.8) is 0 Å². The Hall–Kier alpha value is -2.19. The van der Waals surface area contributed by atoms with Crippen LogP contribution in [0.4, 0.5) is 10.1 Å². The SMILES string of the molecule is CN1CCC(Nc2cc(F)c(C(=O)N3CCOCC3)cc2C(N)=O)CC1. The number of likely N-dealkylation sites (tertiary alicyclic amines) is 1. The second kappa shape index (κ2) is 8.01. The number of ether oxygens (including phenoxy) is 1. The molecule has 8 heteroatoms. The monoisotopic (exact) mass is 364 g/mol. The van der Waals surface area contributed by atoms with Crippen molar-refractivity contribution in [2.75, 3.05) is 51.8 Å². The number of nitrogens with one attached hydrogen (secondary N) is 1. The maximum Gasteiger partial charge on any atom is 0.257 e. The quantitative estimate of drug-likeness (QED) is 0.829. The van der Waals surface area contributed by atoms with Gasteiger partial charge in [0.15, 0.2) is 0 Å². The maximum absolute atomic E-state index is 14.6. The van der Waals surface area contributed by atoms with Gasteiger partial charge in [0.1, 0.15) is 5.82 Å². The van der Waals surface area contributed by atoms with E-state index in [2.05, 4.69) is 17.3 Å². The number of primary amides is 1. The van der Waals surface area contributed by atoms with Crippen LogP contribution in [0.15, 0.2) is 12.1 Å². The minimum Gasteiger partial charge on any atom is -0.381 e. The average molecular weight is 364 g/mol. The lowest BCUT2D eigenvalue weighted by molar-refractivity contribution is 0.0300. The zero-order valence-electron chi connectivity index (χ0n) is 15.0. The number of piperidine rings is 1. The van der Waals surface area contributed by atoms with Gasteiger partial charge in [-0.3, -0.25) is 9.59 Å². The topological polar surface area (TPSA) is 87.9 Å². The van der Waals surface area contributed by atoms with Crippen LogP contribution in [0.25, 0.3) is 0 Å². The van der Waals surface area contributed by atoms with Crippen molar-refractivity contribution in [1.82, 2.24) is 9.80 Å². The van der Waals surface area contributed by atoms with E-state index >= 15 is 0 Å². The van der Waals surface area contributed by atoms with Gasteiger partial charge in [-0.1, -0.05) is 0 Å². The fraction of sp³-hybridized carbons (Fsp3) is 0.556. The van der Waals surface area contributed by atoms with E-state index in [0.29, 0.717) is 32.0 Å². The van der Waals surface area contributed by atoms with E-state index in [9.17, 15) is 14.0 Å². The first-order chi connectivity index (χ1) is 12.5. The summed E-state index contributed by atoms with van der Waals surface area (Å²) in [5.41, 5.74) is 5.85. The highest BCUT2D eigenvalue weighted by atomic mass is 19.1. The molecule has 26 heavy (non-hydrogen) atoms. The molecule has 0 spiro atoms. The molecule has 2 aliphatic heterocycles. The molecule has 2 heterocycles. The number of carbonyl (C=O) groups is 2. The van der Waals surface area contributed by atoms with E-state index in [1.54, 1.807) is 0 Å². The van der Waals surface area contributed by atoms with Crippen molar-refractivity contribution >= 4 is 17.5 Å². The van der Waals surface area contributed by atoms with E-state index in [4.69, 9.17) is 10.5 Å². The Morgan fingerprint density at radius 2 is 1.81 bits per heavy atom. The summed E-state index contributed by atoms with van der Waals surface area (Å²) >= 11 is 0. The second-order valence-corrected chi connectivity index (χ2v) is 6.87. The Balaban J connectivity index is 1.83. The minimum absolute atomic E-state index is 0.130. The van der Waals surface area contributed by atoms with Gasteiger partial charge in [-0.25, -0.2) is 4.39 Å². The highest BCUT2D eigenvalue weighted by Gasteiger charge is 2.25. The first-order valence-electron chi connectivity index (χ1n) is 8.91. The van der Waals surface area contributed by atoms with Crippen LogP contribution < -0.4 is 11.1 Å². The number of hydrogen-bond acceptors (Lipinski definition) is 5. The fourth-order valence-electron chi connectivity index (χ4n) is 3.37. The smallest absolute Gasteiger partial charge is 0.257 e. The summed E-state index contributed by atoms with van der Waals surface area (Å²) in [6.45, 7) is 3.51. The van der Waals surface area contributed by atoms with Crippen molar-refractivity contribution in [2.45, 2.75) is 18.9 Å². The number of hydrogen-bond donors (Lipinski definition) is 2. The van der Waals surface area contributed by atoms with Gasteiger partial charge in [-0.2, -0.15) is 0 Å². The van der Waals surface area contributed by atoms with Crippen LogP contribution in [0.3, 0.4) is 0 Å². The molecule has 7 nitrogen and oxygen atoms in total. The zero-order chi connectivity index (χ0) is 18.7. The van der Waals surface area contributed by atoms with Crippen LogP contribution in [0.1, 0.15) is 33.6 Å². The molecular formula is C18H25FN4O3. The summed E-state index contributed by atoms with van der Waals surface area (Å²) in [4.78, 5) is 28.2. The molecular weight excluding hydrogens is 339 g/mol. The predicted octanol–water partition coefficient (Wildman–Crippen LogP) is 0.903. The number of rotatable bonds is 4. The van der Waals surface area contributed by atoms with Crippen molar-refractivity contribution in [1.29, 1.82) is 0 Å². The van der Waals surface area contributed by atoms with Gasteiger partial charge < -0.3 is 25.6 Å². The number of halogens is 1. The molecule has 0 bridgehead atoms. The van der Waals surface area contributed by atoms with Crippen LogP contribution in [0.2, 0.25) is 0 Å². The van der Waals surface area contributed by atoms with Crippen LogP contribution in [-0.4, -0.2) is 74.1 Å². The predicted molar refractivity (Wildman–Crippen MR) is 95.8 cm³/mol. The van der Waals surface area contributed by atoms with Gasteiger partial charge in [0.2, 0.25) is 0 Å². The molecule has 2 saturated heterocycles. The van der Waals surface area contributed by atoms with E-state index in [0.717, 1.165) is 25.9 Å². The largest absolute Gasteiger partial charge is 0.381 e. The third-order valence-corrected chi connectivity index (χ3v) is 4.98. The van der Waals surface area contributed by atoms with Crippen molar-refractivity contribution in [3.8, 4) is 0 Å². The molecule has 0 unspecified atom stereocenters. The third-order valence-electron chi connectivity index (χ3n) is 4.98. The fourth-order valence-corrected chi connectivity index (χ4v) is 3.37. The lowest BCUT2D eigenvalue weighted by atomic mass is 10.0. The molecule has 0 saturated carbocycles. The van der Waals surface area contributed by atoms with Gasteiger partial charge in [0, 0.05) is 19.1 Å². The number of carbonyl (C=O) groups excluding carboxylic acids is 2. The molecule has 0 aliphatic carbocycles. The molecule has 0 aromatic heterocycles. The van der Waals surface area contributed by atoms with Crippen LogP contribution in [0.5, 0.6) is 0 Å². The molecule has 0 atom stereocenters. The Kier molecular flexibility index (Phi) is 5.73. The number of amides is 2. The molecule has 3 N–H and O–H groups in total. The normalized spacial score (nSPS) is 19.4. The summed E-state index contributed by atoms with van der Waals surface area (Å²) in [5, 5.41) is 3.23. The number of benzene rings is 1. The molecule has 142 valence electrons. The van der Waals surface area contributed by atoms with E-state index < -0.39 is 17.6 Å². The standard InChI is InChI=1S/C18H25FN4O3/c1-22-4-2-12(3-5-22)21-16-11-15(19)13(10-14(16)17(20)24)18(25)23-6-8-26-9-7-23/h10-12,21H,2-9H2,1H3,(H2,20,24). The van der Waals surface area contributed by atoms with Crippen molar-refractivity contribution < 1.29 is 18.7 Å². The van der Waals surface area contributed by atoms with Gasteiger partial charge in [0.25, 0.3) is 11.8 Å². The van der Waals surface area contributed by atoms with Crippen molar-refractivity contribution in [2.24, 2.45) is 5.73 Å². The number of nitrogens with two attached hydrogens (primary N) is 1. The summed E-state index contributed by atoms with van der Waals surface area (Å²) in [7, 11) is 2.05. The number of nitrogens with zero attached hydrogens (tertiary/aromatic N) is 2. The Morgan fingerprint density at radius 3 is 2.42 bits per heavy atom. The Bertz CT molecular complexity index is 683. The summed E-state index contributed by atoms with van der Waals surface area (Å²) in [5.74, 6) is -1.78. The summed E-state index contributed by atoms with van der Waals surface area (Å²) < 4.78 is 19.9. The van der Waals surface area contributed by atoms with E-state index in [1.807, 2.05) is 0 Å². The highest BCUT2D eigenvalue weighted by molar-refractivity contribution is 6.03. The van der Waals surface area contributed by atoms with Gasteiger partial charge in [0.05, 0.1) is 30.0 Å². The number of anilines is 1. The number of morpholine rings is 1. The molecule has 2 aliphatic rings. The van der Waals surface area contributed by atoms with Crippen LogP contribution in [-0.2, 0) is 4.74 Å². The van der Waals surface area contributed by atoms with Crippen LogP contribution in [0, 0.1) is 5.82 Å². The summed E-state index contributed by atoms with van der Waals surface area (Å²) in [6.07, 6.45) is 1.79.